The van der Waals surface area contributed by atoms with Crippen molar-refractivity contribution in [2.24, 2.45) is 0 Å². The van der Waals surface area contributed by atoms with E-state index in [1.165, 1.54) is 0 Å². The quantitative estimate of drug-likeness (QED) is 0.543. The van der Waals surface area contributed by atoms with Crippen molar-refractivity contribution in [2.75, 3.05) is 0 Å². The first kappa shape index (κ1) is 12.7. The molecule has 5 heteroatoms. The lowest BCUT2D eigenvalue weighted by Gasteiger charge is -2.15. The van der Waals surface area contributed by atoms with E-state index in [9.17, 15) is 4.79 Å². The van der Waals surface area contributed by atoms with Crippen LogP contribution in [0, 0.1) is 5.41 Å². The molecule has 0 bridgehead atoms. The molecule has 0 aliphatic rings. The standard InChI is InChI=1S/C8H14Cl2N2O/c1-3-5(2)12-8(13)7(10)6(9)4-11/h4-7,11H,3H2,1-2H3,(H,12,13). The molecule has 3 nitrogen and oxygen atoms in total. The van der Waals surface area contributed by atoms with Gasteiger partial charge in [0.2, 0.25) is 5.91 Å². The molecule has 0 rings (SSSR count). The SMILES string of the molecule is CCC(C)NC(=O)C(Cl)C(Cl)C=N. The second-order valence-corrected chi connectivity index (χ2v) is 3.80. The zero-order chi connectivity index (χ0) is 10.4. The van der Waals surface area contributed by atoms with Crippen LogP contribution in [-0.4, -0.2) is 28.9 Å². The lowest BCUT2D eigenvalue weighted by atomic mass is 10.2. The van der Waals surface area contributed by atoms with Crippen LogP contribution in [0.2, 0.25) is 0 Å². The fraction of sp³-hybridized carbons (Fsp3) is 0.750. The first-order valence-electron chi connectivity index (χ1n) is 4.12. The van der Waals surface area contributed by atoms with Gasteiger partial charge in [0, 0.05) is 12.3 Å². The van der Waals surface area contributed by atoms with Gasteiger partial charge >= 0.3 is 0 Å². The van der Waals surface area contributed by atoms with Crippen molar-refractivity contribution in [1.82, 2.24) is 5.32 Å². The highest BCUT2D eigenvalue weighted by atomic mass is 35.5. The Kier molecular flexibility index (Phi) is 6.08. The number of alkyl halides is 2. The van der Waals surface area contributed by atoms with Gasteiger partial charge in [0.15, 0.2) is 0 Å². The molecule has 0 aromatic rings. The van der Waals surface area contributed by atoms with E-state index in [1.807, 2.05) is 13.8 Å². The van der Waals surface area contributed by atoms with Crippen LogP contribution < -0.4 is 5.32 Å². The van der Waals surface area contributed by atoms with Crippen LogP contribution in [0.1, 0.15) is 20.3 Å². The predicted octanol–water partition coefficient (Wildman–Crippen LogP) is 1.77. The molecule has 0 saturated carbocycles. The van der Waals surface area contributed by atoms with Crippen molar-refractivity contribution in [2.45, 2.75) is 37.1 Å². The zero-order valence-electron chi connectivity index (χ0n) is 7.68. The third kappa shape index (κ3) is 4.48. The van der Waals surface area contributed by atoms with Crippen LogP contribution >= 0.6 is 23.2 Å². The van der Waals surface area contributed by atoms with Gasteiger partial charge in [-0.15, -0.1) is 23.2 Å². The van der Waals surface area contributed by atoms with Crippen molar-refractivity contribution in [3.63, 3.8) is 0 Å². The summed E-state index contributed by atoms with van der Waals surface area (Å²) in [6, 6.07) is 0.0864. The molecule has 0 heterocycles. The molecule has 2 N–H and O–H groups in total. The Labute approximate surface area is 88.3 Å². The maximum Gasteiger partial charge on any atom is 0.240 e. The van der Waals surface area contributed by atoms with Gasteiger partial charge in [-0.25, -0.2) is 0 Å². The highest BCUT2D eigenvalue weighted by Gasteiger charge is 2.23. The summed E-state index contributed by atoms with van der Waals surface area (Å²) >= 11 is 11.3. The van der Waals surface area contributed by atoms with E-state index in [1.54, 1.807) is 0 Å². The first-order chi connectivity index (χ1) is 6.02. The number of rotatable bonds is 5. The smallest absolute Gasteiger partial charge is 0.240 e. The lowest BCUT2D eigenvalue weighted by Crippen LogP contribution is -2.41. The fourth-order valence-corrected chi connectivity index (χ4v) is 0.904. The van der Waals surface area contributed by atoms with E-state index in [2.05, 4.69) is 5.32 Å². The monoisotopic (exact) mass is 224 g/mol. The Balaban J connectivity index is 4.03. The maximum atomic E-state index is 11.3. The van der Waals surface area contributed by atoms with Crippen LogP contribution in [0.15, 0.2) is 0 Å². The number of amides is 1. The fourth-order valence-electron chi connectivity index (χ4n) is 0.654. The van der Waals surface area contributed by atoms with E-state index in [0.717, 1.165) is 12.6 Å². The van der Waals surface area contributed by atoms with Crippen molar-refractivity contribution in [3.8, 4) is 0 Å². The summed E-state index contributed by atoms with van der Waals surface area (Å²) in [6.45, 7) is 3.85. The second-order valence-electron chi connectivity index (χ2n) is 2.83. The van der Waals surface area contributed by atoms with Crippen molar-refractivity contribution >= 4 is 35.3 Å². The minimum Gasteiger partial charge on any atom is -0.352 e. The minimum atomic E-state index is -0.867. The van der Waals surface area contributed by atoms with Gasteiger partial charge < -0.3 is 10.7 Å². The molecule has 0 aromatic carbocycles. The molecule has 0 spiro atoms. The molecule has 0 aromatic heterocycles. The maximum absolute atomic E-state index is 11.3. The van der Waals surface area contributed by atoms with Crippen LogP contribution in [-0.2, 0) is 4.79 Å². The number of nitrogens with one attached hydrogen (secondary N) is 2. The van der Waals surface area contributed by atoms with Crippen LogP contribution in [0.25, 0.3) is 0 Å². The highest BCUT2D eigenvalue weighted by molar-refractivity contribution is 6.41. The molecule has 0 radical (unpaired) electrons. The molecule has 3 unspecified atom stereocenters. The van der Waals surface area contributed by atoms with Crippen LogP contribution in [0.3, 0.4) is 0 Å². The van der Waals surface area contributed by atoms with Crippen molar-refractivity contribution < 1.29 is 4.79 Å². The van der Waals surface area contributed by atoms with Gasteiger partial charge in [0.1, 0.15) is 5.38 Å². The summed E-state index contributed by atoms with van der Waals surface area (Å²) in [6.07, 6.45) is 1.79. The number of carbonyl (C=O) groups excluding carboxylic acids is 1. The Morgan fingerprint density at radius 1 is 1.62 bits per heavy atom. The van der Waals surface area contributed by atoms with E-state index in [4.69, 9.17) is 28.6 Å². The Morgan fingerprint density at radius 3 is 2.54 bits per heavy atom. The Bertz CT molecular complexity index is 187. The summed E-state index contributed by atoms with van der Waals surface area (Å²) in [7, 11) is 0. The summed E-state index contributed by atoms with van der Waals surface area (Å²) in [5.41, 5.74) is 0. The number of hydrogen-bond donors (Lipinski definition) is 2. The van der Waals surface area contributed by atoms with E-state index < -0.39 is 10.8 Å². The average Bonchev–Trinajstić information content (AvgIpc) is 2.14. The van der Waals surface area contributed by atoms with Gasteiger partial charge in [-0.05, 0) is 13.3 Å². The van der Waals surface area contributed by atoms with E-state index in [0.29, 0.717) is 0 Å². The normalized spacial score (nSPS) is 17.2. The van der Waals surface area contributed by atoms with Gasteiger partial charge in [-0.1, -0.05) is 6.92 Å². The van der Waals surface area contributed by atoms with Crippen LogP contribution in [0.4, 0.5) is 0 Å². The topological polar surface area (TPSA) is 53.0 Å². The first-order valence-corrected chi connectivity index (χ1v) is 4.99. The average molecular weight is 225 g/mol. The molecule has 0 fully saturated rings. The molecule has 13 heavy (non-hydrogen) atoms. The molecule has 1 amide bonds. The summed E-state index contributed by atoms with van der Waals surface area (Å²) in [5.74, 6) is -0.320. The minimum absolute atomic E-state index is 0.0864. The van der Waals surface area contributed by atoms with E-state index in [-0.39, 0.29) is 11.9 Å². The number of carbonyl (C=O) groups is 1. The molecular weight excluding hydrogens is 211 g/mol. The summed E-state index contributed by atoms with van der Waals surface area (Å²) < 4.78 is 0. The second kappa shape index (κ2) is 6.22. The lowest BCUT2D eigenvalue weighted by molar-refractivity contribution is -0.121. The van der Waals surface area contributed by atoms with Crippen molar-refractivity contribution in [3.05, 3.63) is 0 Å². The van der Waals surface area contributed by atoms with Crippen LogP contribution in [0.5, 0.6) is 0 Å². The van der Waals surface area contributed by atoms with Crippen molar-refractivity contribution in [1.29, 1.82) is 5.41 Å². The zero-order valence-corrected chi connectivity index (χ0v) is 9.19. The summed E-state index contributed by atoms with van der Waals surface area (Å²) in [5, 5.41) is 7.91. The molecular formula is C8H14Cl2N2O. The molecule has 3 atom stereocenters. The number of halogens is 2. The summed E-state index contributed by atoms with van der Waals surface area (Å²) in [4.78, 5) is 11.3. The highest BCUT2D eigenvalue weighted by Crippen LogP contribution is 2.08. The van der Waals surface area contributed by atoms with Gasteiger partial charge in [-0.2, -0.15) is 0 Å². The van der Waals surface area contributed by atoms with E-state index >= 15 is 0 Å². The molecule has 76 valence electrons. The van der Waals surface area contributed by atoms with Gasteiger partial charge in [-0.3, -0.25) is 4.79 Å². The molecule has 0 aliphatic carbocycles. The number of hydrogen-bond acceptors (Lipinski definition) is 2. The molecule has 0 saturated heterocycles. The van der Waals surface area contributed by atoms with Gasteiger partial charge in [0.05, 0.1) is 5.38 Å². The van der Waals surface area contributed by atoms with Gasteiger partial charge in [0.25, 0.3) is 0 Å². The third-order valence-electron chi connectivity index (χ3n) is 1.69. The predicted molar refractivity (Wildman–Crippen MR) is 56.0 cm³/mol. The third-order valence-corrected chi connectivity index (χ3v) is 2.67. The Hall–Kier alpha value is -0.280. The Morgan fingerprint density at radius 2 is 2.15 bits per heavy atom. The largest absolute Gasteiger partial charge is 0.352 e. The molecule has 0 aliphatic heterocycles.